The molecule has 0 amide bonds. The van der Waals surface area contributed by atoms with E-state index in [9.17, 15) is 8.76 Å². The van der Waals surface area contributed by atoms with Crippen molar-refractivity contribution in [3.05, 3.63) is 48.0 Å². The van der Waals surface area contributed by atoms with Gasteiger partial charge in [0.25, 0.3) is 0 Å². The highest BCUT2D eigenvalue weighted by atomic mass is 32.2. The van der Waals surface area contributed by atoms with Crippen LogP contribution >= 0.6 is 11.3 Å². The van der Waals surface area contributed by atoms with Crippen LogP contribution in [0.2, 0.25) is 0 Å². The van der Waals surface area contributed by atoms with Crippen LogP contribution in [-0.4, -0.2) is 45.2 Å². The molecule has 0 radical (unpaired) electrons. The lowest BCUT2D eigenvalue weighted by Crippen LogP contribution is -2.21. The number of hydrogen-bond acceptors (Lipinski definition) is 5. The van der Waals surface area contributed by atoms with Gasteiger partial charge in [-0.2, -0.15) is 0 Å². The Morgan fingerprint density at radius 2 is 1.67 bits per heavy atom. The van der Waals surface area contributed by atoms with E-state index in [1.807, 2.05) is 0 Å². The summed E-state index contributed by atoms with van der Waals surface area (Å²) in [6.45, 7) is 8.57. The minimum Gasteiger partial charge on any atom is -0.760 e. The van der Waals surface area contributed by atoms with Crippen LogP contribution in [0.15, 0.2) is 42.5 Å². The Balaban J connectivity index is 0.000000380. The second-order valence-corrected chi connectivity index (χ2v) is 8.43. The molecule has 146 valence electrons. The van der Waals surface area contributed by atoms with Crippen molar-refractivity contribution in [1.82, 2.24) is 9.29 Å². The van der Waals surface area contributed by atoms with Gasteiger partial charge in [0.15, 0.2) is 0 Å². The number of fused-ring (bicyclic) bond motifs is 1. The van der Waals surface area contributed by atoms with Gasteiger partial charge in [0, 0.05) is 35.6 Å². The Hall–Kier alpha value is -1.80. The van der Waals surface area contributed by atoms with E-state index in [-0.39, 0.29) is 0 Å². The second-order valence-electron chi connectivity index (χ2n) is 6.24. The van der Waals surface area contributed by atoms with Crippen LogP contribution in [0.25, 0.3) is 20.8 Å². The van der Waals surface area contributed by atoms with Crippen molar-refractivity contribution in [2.45, 2.75) is 20.8 Å². The molecule has 0 aliphatic heterocycles. The Bertz CT molecular complexity index is 888. The summed E-state index contributed by atoms with van der Waals surface area (Å²) in [5.41, 5.74) is 4.86. The number of aromatic nitrogens is 1. The van der Waals surface area contributed by atoms with Crippen LogP contribution in [0, 0.1) is 6.92 Å². The molecule has 0 aliphatic carbocycles. The summed E-state index contributed by atoms with van der Waals surface area (Å²) in [7, 11) is 2.92. The molecule has 1 unspecified atom stereocenters. The molecule has 7 heteroatoms. The first-order chi connectivity index (χ1) is 12.8. The molecule has 1 heterocycles. The first-order valence-electron chi connectivity index (χ1n) is 8.85. The molecule has 27 heavy (non-hydrogen) atoms. The molecule has 0 N–H and O–H groups in total. The summed E-state index contributed by atoms with van der Waals surface area (Å²) >= 11 is -0.268. The predicted molar refractivity (Wildman–Crippen MR) is 116 cm³/mol. The van der Waals surface area contributed by atoms with Crippen molar-refractivity contribution in [3.63, 3.8) is 0 Å². The molecule has 1 atom stereocenters. The second kappa shape index (κ2) is 9.94. The van der Waals surface area contributed by atoms with Gasteiger partial charge in [-0.05, 0) is 76.8 Å². The zero-order valence-electron chi connectivity index (χ0n) is 16.4. The number of hydrogen-bond donors (Lipinski definition) is 0. The molecule has 3 aromatic rings. The van der Waals surface area contributed by atoms with E-state index in [1.165, 1.54) is 35.6 Å². The minimum atomic E-state index is -2.03. The van der Waals surface area contributed by atoms with Crippen molar-refractivity contribution in [3.8, 4) is 10.6 Å². The zero-order valence-corrected chi connectivity index (χ0v) is 18.1. The molecule has 0 aliphatic rings. The number of nitrogens with zero attached hydrogens (tertiary/aromatic N) is 3. The topological polar surface area (TPSA) is 59.5 Å². The van der Waals surface area contributed by atoms with Crippen LogP contribution in [0.1, 0.15) is 19.4 Å². The van der Waals surface area contributed by atoms with Crippen molar-refractivity contribution in [2.24, 2.45) is 0 Å². The van der Waals surface area contributed by atoms with Gasteiger partial charge >= 0.3 is 0 Å². The van der Waals surface area contributed by atoms with E-state index in [2.05, 4.69) is 68.1 Å². The molecule has 5 nitrogen and oxygen atoms in total. The molecule has 0 saturated carbocycles. The highest BCUT2D eigenvalue weighted by Gasteiger charge is 2.07. The Morgan fingerprint density at radius 1 is 1.07 bits per heavy atom. The summed E-state index contributed by atoms with van der Waals surface area (Å²) in [5, 5.41) is 1.10. The first kappa shape index (κ1) is 21.5. The van der Waals surface area contributed by atoms with Crippen LogP contribution < -0.4 is 4.90 Å². The smallest absolute Gasteiger partial charge is 0.124 e. The molecule has 0 fully saturated rings. The predicted octanol–water partition coefficient (Wildman–Crippen LogP) is 4.46. The monoisotopic (exact) mass is 404 g/mol. The molecule has 0 saturated heterocycles. The van der Waals surface area contributed by atoms with E-state index < -0.39 is 11.3 Å². The summed E-state index contributed by atoms with van der Waals surface area (Å²) in [6, 6.07) is 15.2. The number of benzene rings is 2. The van der Waals surface area contributed by atoms with Crippen LogP contribution in [0.4, 0.5) is 5.69 Å². The van der Waals surface area contributed by atoms with Crippen molar-refractivity contribution in [2.75, 3.05) is 32.1 Å². The quantitative estimate of drug-likeness (QED) is 0.589. The van der Waals surface area contributed by atoms with Crippen molar-refractivity contribution < 1.29 is 8.76 Å². The number of thiazole rings is 1. The lowest BCUT2D eigenvalue weighted by molar-refractivity contribution is 0.470. The summed E-state index contributed by atoms with van der Waals surface area (Å²) in [4.78, 5) is 7.10. The molecule has 1 aromatic heterocycles. The van der Waals surface area contributed by atoms with E-state index in [4.69, 9.17) is 4.98 Å². The number of anilines is 1. The number of aryl methyl sites for hydroxylation is 1. The largest absolute Gasteiger partial charge is 0.760 e. The lowest BCUT2D eigenvalue weighted by atomic mass is 10.2. The fraction of sp³-hybridized carbons (Fsp3) is 0.350. The third kappa shape index (κ3) is 5.84. The van der Waals surface area contributed by atoms with Crippen molar-refractivity contribution >= 4 is 38.5 Å². The maximum Gasteiger partial charge on any atom is 0.124 e. The van der Waals surface area contributed by atoms with E-state index >= 15 is 0 Å². The standard InChI is InChI=1S/C18H20N2S.C2H7NO2S/c1-4-20(5-2)15-9-7-14(8-10-15)18-19-16-11-6-13(3)12-17(16)21-18;1-3(2)6(4)5/h6-12H,4-5H2,1-3H3;1-2H3,(H,4,5)/p-1. The van der Waals surface area contributed by atoms with Gasteiger partial charge in [0.05, 0.1) is 10.2 Å². The maximum atomic E-state index is 9.62. The van der Waals surface area contributed by atoms with Crippen LogP contribution in [0.3, 0.4) is 0 Å². The van der Waals surface area contributed by atoms with Gasteiger partial charge in [-0.25, -0.2) is 9.29 Å². The average molecular weight is 405 g/mol. The lowest BCUT2D eigenvalue weighted by Gasteiger charge is -2.20. The maximum absolute atomic E-state index is 9.62. The van der Waals surface area contributed by atoms with Crippen LogP contribution in [0.5, 0.6) is 0 Å². The number of rotatable bonds is 5. The molecule has 0 bridgehead atoms. The Morgan fingerprint density at radius 3 is 2.19 bits per heavy atom. The fourth-order valence-corrected chi connectivity index (χ4v) is 3.63. The van der Waals surface area contributed by atoms with E-state index in [1.54, 1.807) is 11.3 Å². The highest BCUT2D eigenvalue weighted by Crippen LogP contribution is 2.31. The zero-order chi connectivity index (χ0) is 20.0. The third-order valence-electron chi connectivity index (χ3n) is 4.08. The third-order valence-corrected chi connectivity index (χ3v) is 5.75. The summed E-state index contributed by atoms with van der Waals surface area (Å²) < 4.78 is 21.6. The van der Waals surface area contributed by atoms with E-state index in [0.29, 0.717) is 0 Å². The van der Waals surface area contributed by atoms with Gasteiger partial charge in [0.2, 0.25) is 0 Å². The Labute approximate surface area is 168 Å². The fourth-order valence-electron chi connectivity index (χ4n) is 2.56. The molecular formula is C20H26N3O2S2-. The molecular weight excluding hydrogens is 378 g/mol. The van der Waals surface area contributed by atoms with Gasteiger partial charge in [-0.3, -0.25) is 4.21 Å². The SMILES string of the molecule is CCN(CC)c1ccc(-c2nc3ccc(C)cc3s2)cc1.CN(C)S(=O)[O-]. The Kier molecular flexibility index (Phi) is 7.91. The molecule has 2 aromatic carbocycles. The average Bonchev–Trinajstić information content (AvgIpc) is 3.07. The van der Waals surface area contributed by atoms with E-state index in [0.717, 1.165) is 27.9 Å². The molecule has 0 spiro atoms. The van der Waals surface area contributed by atoms with Crippen molar-refractivity contribution in [1.29, 1.82) is 0 Å². The molecule has 3 rings (SSSR count). The minimum absolute atomic E-state index is 1.04. The summed E-state index contributed by atoms with van der Waals surface area (Å²) in [5.74, 6) is 0. The van der Waals surface area contributed by atoms with Gasteiger partial charge in [0.1, 0.15) is 5.01 Å². The normalized spacial score (nSPS) is 12.0. The van der Waals surface area contributed by atoms with Crippen LogP contribution in [-0.2, 0) is 11.3 Å². The highest BCUT2D eigenvalue weighted by molar-refractivity contribution is 7.76. The van der Waals surface area contributed by atoms with Gasteiger partial charge < -0.3 is 9.45 Å². The first-order valence-corrected chi connectivity index (χ1v) is 10.7. The van der Waals surface area contributed by atoms with Gasteiger partial charge in [-0.1, -0.05) is 6.07 Å². The summed E-state index contributed by atoms with van der Waals surface area (Å²) in [6.07, 6.45) is 0. The van der Waals surface area contributed by atoms with Gasteiger partial charge in [-0.15, -0.1) is 11.3 Å².